The van der Waals surface area contributed by atoms with Gasteiger partial charge in [0.2, 0.25) is 5.95 Å². The van der Waals surface area contributed by atoms with E-state index in [9.17, 15) is 4.39 Å². The minimum atomic E-state index is -0.445. The highest BCUT2D eigenvalue weighted by Crippen LogP contribution is 2.09. The van der Waals surface area contributed by atoms with Crippen LogP contribution in [0.15, 0.2) is 35.2 Å². The zero-order valence-electron chi connectivity index (χ0n) is 7.19. The van der Waals surface area contributed by atoms with Crippen molar-refractivity contribution in [2.75, 3.05) is 0 Å². The van der Waals surface area contributed by atoms with Crippen molar-refractivity contribution in [1.29, 1.82) is 0 Å². The van der Waals surface area contributed by atoms with Crippen LogP contribution in [0, 0.1) is 5.95 Å². The lowest BCUT2D eigenvalue weighted by molar-refractivity contribution is 0.549. The van der Waals surface area contributed by atoms with Gasteiger partial charge in [-0.1, -0.05) is 6.07 Å². The average Bonchev–Trinajstić information content (AvgIpc) is 2.56. The van der Waals surface area contributed by atoms with Crippen LogP contribution < -0.4 is 0 Å². The largest absolute Gasteiger partial charge is 0.267 e. The second kappa shape index (κ2) is 3.88. The van der Waals surface area contributed by atoms with Gasteiger partial charge in [0.05, 0.1) is 17.2 Å². The Morgan fingerprint density at radius 2 is 2.36 bits per heavy atom. The summed E-state index contributed by atoms with van der Waals surface area (Å²) in [5.41, 5.74) is 0.531. The van der Waals surface area contributed by atoms with Gasteiger partial charge < -0.3 is 0 Å². The molecule has 0 fully saturated rings. The lowest BCUT2D eigenvalue weighted by Gasteiger charge is -2.01. The molecule has 0 saturated carbocycles. The van der Waals surface area contributed by atoms with Gasteiger partial charge in [-0.05, 0) is 22.0 Å². The van der Waals surface area contributed by atoms with Crippen molar-refractivity contribution < 1.29 is 4.39 Å². The maximum Gasteiger partial charge on any atom is 0.217 e. The first-order valence-corrected chi connectivity index (χ1v) is 4.82. The number of hydrogen-bond donors (Lipinski definition) is 0. The third-order valence-corrected chi connectivity index (χ3v) is 2.18. The van der Waals surface area contributed by atoms with Crippen LogP contribution in [0.4, 0.5) is 4.39 Å². The molecule has 0 spiro atoms. The third kappa shape index (κ3) is 1.98. The van der Waals surface area contributed by atoms with Crippen LogP contribution in [-0.2, 0) is 6.54 Å². The van der Waals surface area contributed by atoms with E-state index >= 15 is 0 Å². The number of pyridine rings is 1. The van der Waals surface area contributed by atoms with Gasteiger partial charge in [-0.15, -0.1) is 0 Å². The summed E-state index contributed by atoms with van der Waals surface area (Å²) in [6.45, 7) is 0.394. The molecule has 2 aromatic heterocycles. The van der Waals surface area contributed by atoms with Crippen LogP contribution in [0.25, 0.3) is 0 Å². The molecule has 72 valence electrons. The highest BCUT2D eigenvalue weighted by molar-refractivity contribution is 9.10. The van der Waals surface area contributed by atoms with Gasteiger partial charge in [-0.25, -0.2) is 4.98 Å². The predicted molar refractivity (Wildman–Crippen MR) is 53.2 cm³/mol. The highest BCUT2D eigenvalue weighted by Gasteiger charge is 2.03. The van der Waals surface area contributed by atoms with E-state index in [0.717, 1.165) is 4.47 Å². The van der Waals surface area contributed by atoms with Gasteiger partial charge in [-0.3, -0.25) is 4.68 Å². The third-order valence-electron chi connectivity index (χ3n) is 1.77. The monoisotopic (exact) mass is 255 g/mol. The molecule has 0 amide bonds. The van der Waals surface area contributed by atoms with Crippen LogP contribution >= 0.6 is 15.9 Å². The van der Waals surface area contributed by atoms with Gasteiger partial charge in [-0.2, -0.15) is 9.49 Å². The Kier molecular flexibility index (Phi) is 2.58. The average molecular weight is 256 g/mol. The minimum absolute atomic E-state index is 0.394. The summed E-state index contributed by atoms with van der Waals surface area (Å²) in [4.78, 5) is 3.56. The lowest BCUT2D eigenvalue weighted by atomic mass is 10.3. The van der Waals surface area contributed by atoms with Crippen molar-refractivity contribution in [2.45, 2.75) is 6.54 Å². The maximum absolute atomic E-state index is 13.1. The van der Waals surface area contributed by atoms with E-state index < -0.39 is 5.95 Å². The van der Waals surface area contributed by atoms with Crippen molar-refractivity contribution in [2.24, 2.45) is 0 Å². The number of rotatable bonds is 2. The first-order valence-electron chi connectivity index (χ1n) is 4.03. The summed E-state index contributed by atoms with van der Waals surface area (Å²) in [7, 11) is 0. The van der Waals surface area contributed by atoms with Crippen LogP contribution in [0.3, 0.4) is 0 Å². The molecule has 2 aromatic rings. The topological polar surface area (TPSA) is 30.7 Å². The summed E-state index contributed by atoms with van der Waals surface area (Å²) in [6, 6.07) is 3.40. The van der Waals surface area contributed by atoms with E-state index in [4.69, 9.17) is 0 Å². The van der Waals surface area contributed by atoms with Crippen LogP contribution in [-0.4, -0.2) is 14.8 Å². The summed E-state index contributed by atoms with van der Waals surface area (Å²) in [5, 5.41) is 4.03. The maximum atomic E-state index is 13.1. The summed E-state index contributed by atoms with van der Waals surface area (Å²) in [6.07, 6.45) is 4.87. The number of hydrogen-bond acceptors (Lipinski definition) is 2. The fourth-order valence-corrected chi connectivity index (χ4v) is 1.46. The molecule has 0 aromatic carbocycles. The van der Waals surface area contributed by atoms with Gasteiger partial charge in [0, 0.05) is 18.0 Å². The van der Waals surface area contributed by atoms with E-state index in [1.807, 2.05) is 0 Å². The Labute approximate surface area is 88.7 Å². The fourth-order valence-electron chi connectivity index (χ4n) is 1.14. The fraction of sp³-hybridized carbons (Fsp3) is 0.111. The van der Waals surface area contributed by atoms with Crippen molar-refractivity contribution in [3.05, 3.63) is 46.7 Å². The van der Waals surface area contributed by atoms with Gasteiger partial charge in [0.1, 0.15) is 0 Å². The SMILES string of the molecule is Fc1ncccc1Cn1cc(Br)cn1. The van der Waals surface area contributed by atoms with Gasteiger partial charge >= 0.3 is 0 Å². The van der Waals surface area contributed by atoms with Crippen molar-refractivity contribution >= 4 is 15.9 Å². The van der Waals surface area contributed by atoms with Crippen LogP contribution in [0.2, 0.25) is 0 Å². The molecule has 0 bridgehead atoms. The molecule has 2 rings (SSSR count). The van der Waals surface area contributed by atoms with Crippen molar-refractivity contribution in [3.8, 4) is 0 Å². The Balaban J connectivity index is 2.23. The molecule has 0 unspecified atom stereocenters. The molecular formula is C9H7BrFN3. The predicted octanol–water partition coefficient (Wildman–Crippen LogP) is 2.23. The second-order valence-electron chi connectivity index (χ2n) is 2.81. The molecule has 0 N–H and O–H groups in total. The summed E-state index contributed by atoms with van der Waals surface area (Å²) in [5.74, 6) is -0.445. The molecule has 0 radical (unpaired) electrons. The standard InChI is InChI=1S/C9H7BrFN3/c10-8-4-13-14(6-8)5-7-2-1-3-12-9(7)11/h1-4,6H,5H2. The second-order valence-corrected chi connectivity index (χ2v) is 3.73. The Bertz CT molecular complexity index is 441. The molecular weight excluding hydrogens is 249 g/mol. The van der Waals surface area contributed by atoms with E-state index in [-0.39, 0.29) is 0 Å². The molecule has 2 heterocycles. The summed E-state index contributed by atoms with van der Waals surface area (Å²) < 4.78 is 15.6. The zero-order valence-corrected chi connectivity index (χ0v) is 8.78. The molecule has 0 atom stereocenters. The molecule has 0 aliphatic heterocycles. The Morgan fingerprint density at radius 1 is 1.50 bits per heavy atom. The van der Waals surface area contributed by atoms with Crippen LogP contribution in [0.5, 0.6) is 0 Å². The number of aromatic nitrogens is 3. The van der Waals surface area contributed by atoms with E-state index in [0.29, 0.717) is 12.1 Å². The van der Waals surface area contributed by atoms with E-state index in [1.54, 1.807) is 29.2 Å². The van der Waals surface area contributed by atoms with Crippen molar-refractivity contribution in [3.63, 3.8) is 0 Å². The van der Waals surface area contributed by atoms with Gasteiger partial charge in [0.25, 0.3) is 0 Å². The molecule has 14 heavy (non-hydrogen) atoms. The van der Waals surface area contributed by atoms with E-state index in [2.05, 4.69) is 26.0 Å². The number of nitrogens with zero attached hydrogens (tertiary/aromatic N) is 3. The highest BCUT2D eigenvalue weighted by atomic mass is 79.9. The first-order chi connectivity index (χ1) is 6.75. The quantitative estimate of drug-likeness (QED) is 0.771. The van der Waals surface area contributed by atoms with Gasteiger partial charge in [0.15, 0.2) is 0 Å². The van der Waals surface area contributed by atoms with E-state index in [1.165, 1.54) is 6.20 Å². The zero-order chi connectivity index (χ0) is 9.97. The lowest BCUT2D eigenvalue weighted by Crippen LogP contribution is -2.03. The van der Waals surface area contributed by atoms with Crippen LogP contribution in [0.1, 0.15) is 5.56 Å². The molecule has 3 nitrogen and oxygen atoms in total. The normalized spacial score (nSPS) is 10.4. The Morgan fingerprint density at radius 3 is 3.00 bits per heavy atom. The smallest absolute Gasteiger partial charge is 0.217 e. The molecule has 0 aliphatic rings. The minimum Gasteiger partial charge on any atom is -0.267 e. The molecule has 0 aliphatic carbocycles. The first kappa shape index (κ1) is 9.33. The summed E-state index contributed by atoms with van der Waals surface area (Å²) >= 11 is 3.27. The van der Waals surface area contributed by atoms with Crippen molar-refractivity contribution in [1.82, 2.24) is 14.8 Å². The Hall–Kier alpha value is -1.23. The number of halogens is 2. The molecule has 5 heteroatoms. The molecule has 0 saturated heterocycles.